The van der Waals surface area contributed by atoms with Crippen LogP contribution in [0.5, 0.6) is 11.5 Å². The summed E-state index contributed by atoms with van der Waals surface area (Å²) in [5.41, 5.74) is 0. The van der Waals surface area contributed by atoms with Gasteiger partial charge >= 0.3 is 0 Å². The van der Waals surface area contributed by atoms with E-state index < -0.39 is 0 Å². The largest absolute Gasteiger partial charge is 0.507 e. The lowest BCUT2D eigenvalue weighted by Crippen LogP contribution is -2.06. The van der Waals surface area contributed by atoms with Crippen molar-refractivity contribution >= 4 is 10.8 Å². The second-order valence-corrected chi connectivity index (χ2v) is 5.10. The molecule has 2 atom stereocenters. The van der Waals surface area contributed by atoms with Gasteiger partial charge in [-0.05, 0) is 17.5 Å². The monoisotopic (exact) mass is 290 g/mol. The topological polar surface area (TPSA) is 74.8 Å². The number of benzene rings is 2. The molecule has 2 aliphatic heterocycles. The average Bonchev–Trinajstić information content (AvgIpc) is 3.35. The molecular formula is C16H18O5. The van der Waals surface area contributed by atoms with Crippen molar-refractivity contribution in [2.24, 2.45) is 0 Å². The van der Waals surface area contributed by atoms with Crippen molar-refractivity contribution in [2.45, 2.75) is 12.2 Å². The first kappa shape index (κ1) is 14.1. The summed E-state index contributed by atoms with van der Waals surface area (Å²) >= 11 is 0. The molecule has 0 spiro atoms. The highest BCUT2D eigenvalue weighted by atomic mass is 16.6. The third-order valence-electron chi connectivity index (χ3n) is 3.27. The van der Waals surface area contributed by atoms with Gasteiger partial charge in [0.05, 0.1) is 31.8 Å². The fourth-order valence-electron chi connectivity index (χ4n) is 1.96. The van der Waals surface area contributed by atoms with Crippen LogP contribution in [0.25, 0.3) is 10.8 Å². The predicted molar refractivity (Wildman–Crippen MR) is 77.6 cm³/mol. The van der Waals surface area contributed by atoms with Crippen LogP contribution in [0, 0.1) is 0 Å². The first-order chi connectivity index (χ1) is 10.2. The first-order valence-electron chi connectivity index (χ1n) is 6.94. The van der Waals surface area contributed by atoms with Crippen LogP contribution in [0.1, 0.15) is 0 Å². The van der Waals surface area contributed by atoms with Gasteiger partial charge in [-0.2, -0.15) is 0 Å². The molecule has 0 radical (unpaired) electrons. The highest BCUT2D eigenvalue weighted by molar-refractivity contribution is 5.93. The summed E-state index contributed by atoms with van der Waals surface area (Å²) in [6.07, 6.45) is 0.785. The molecule has 2 aromatic rings. The van der Waals surface area contributed by atoms with Gasteiger partial charge in [0.25, 0.3) is 0 Å². The number of hydrogen-bond donors (Lipinski definition) is 2. The Morgan fingerprint density at radius 2 is 1.38 bits per heavy atom. The fourth-order valence-corrected chi connectivity index (χ4v) is 1.96. The summed E-state index contributed by atoms with van der Waals surface area (Å²) in [5.74, 6) is 0.233. The Morgan fingerprint density at radius 1 is 0.905 bits per heavy atom. The average molecular weight is 290 g/mol. The van der Waals surface area contributed by atoms with E-state index in [0.717, 1.165) is 31.8 Å². The van der Waals surface area contributed by atoms with Gasteiger partial charge in [-0.3, -0.25) is 0 Å². The lowest BCUT2D eigenvalue weighted by molar-refractivity contribution is 0.102. The van der Waals surface area contributed by atoms with Crippen LogP contribution in [-0.4, -0.2) is 48.8 Å². The van der Waals surface area contributed by atoms with Crippen LogP contribution in [0.4, 0.5) is 0 Å². The van der Waals surface area contributed by atoms with Crippen LogP contribution in [-0.2, 0) is 14.2 Å². The molecule has 2 saturated heterocycles. The molecule has 0 amide bonds. The van der Waals surface area contributed by atoms with Crippen LogP contribution in [0.15, 0.2) is 36.4 Å². The minimum absolute atomic E-state index is 0.116. The highest BCUT2D eigenvalue weighted by Gasteiger charge is 2.26. The summed E-state index contributed by atoms with van der Waals surface area (Å²) in [6, 6.07) is 10.3. The van der Waals surface area contributed by atoms with Gasteiger partial charge in [0.1, 0.15) is 23.7 Å². The van der Waals surface area contributed by atoms with E-state index in [0.29, 0.717) is 17.6 Å². The molecule has 2 unspecified atom stereocenters. The van der Waals surface area contributed by atoms with E-state index in [9.17, 15) is 10.2 Å². The maximum Gasteiger partial charge on any atom is 0.127 e. The number of hydrogen-bond acceptors (Lipinski definition) is 5. The zero-order chi connectivity index (χ0) is 14.7. The highest BCUT2D eigenvalue weighted by Crippen LogP contribution is 2.31. The van der Waals surface area contributed by atoms with E-state index in [-0.39, 0.29) is 11.5 Å². The summed E-state index contributed by atoms with van der Waals surface area (Å²) in [4.78, 5) is 0. The van der Waals surface area contributed by atoms with Crippen molar-refractivity contribution in [3.05, 3.63) is 36.4 Å². The molecule has 0 bridgehead atoms. The molecule has 0 aliphatic carbocycles. The Bertz CT molecular complexity index is 556. The SMILES string of the molecule is C(OCC1CO1)C1CO1.Oc1cccc2cccc(O)c12. The fraction of sp³-hybridized carbons (Fsp3) is 0.375. The summed E-state index contributed by atoms with van der Waals surface area (Å²) < 4.78 is 15.1. The molecule has 5 nitrogen and oxygen atoms in total. The molecule has 0 aromatic heterocycles. The molecule has 2 fully saturated rings. The molecule has 2 N–H and O–H groups in total. The van der Waals surface area contributed by atoms with Crippen LogP contribution in [0.3, 0.4) is 0 Å². The van der Waals surface area contributed by atoms with E-state index in [1.54, 1.807) is 24.3 Å². The van der Waals surface area contributed by atoms with E-state index in [4.69, 9.17) is 14.2 Å². The molecule has 2 aromatic carbocycles. The Labute approximate surface area is 122 Å². The number of rotatable bonds is 4. The molecule has 2 heterocycles. The molecule has 5 heteroatoms. The van der Waals surface area contributed by atoms with Crippen molar-refractivity contribution in [3.63, 3.8) is 0 Å². The van der Waals surface area contributed by atoms with Gasteiger partial charge in [0.2, 0.25) is 0 Å². The van der Waals surface area contributed by atoms with E-state index in [1.165, 1.54) is 0 Å². The van der Waals surface area contributed by atoms with Gasteiger partial charge < -0.3 is 24.4 Å². The first-order valence-corrected chi connectivity index (χ1v) is 6.94. The minimum atomic E-state index is 0.116. The van der Waals surface area contributed by atoms with Crippen molar-refractivity contribution in [1.29, 1.82) is 0 Å². The van der Waals surface area contributed by atoms with Crippen molar-refractivity contribution in [3.8, 4) is 11.5 Å². The third kappa shape index (κ3) is 4.07. The van der Waals surface area contributed by atoms with Gasteiger partial charge in [-0.1, -0.05) is 24.3 Å². The second-order valence-electron chi connectivity index (χ2n) is 5.10. The number of epoxide rings is 2. The Morgan fingerprint density at radius 3 is 1.76 bits per heavy atom. The molecule has 112 valence electrons. The number of ether oxygens (including phenoxy) is 3. The lowest BCUT2D eigenvalue weighted by Gasteiger charge is -2.01. The molecular weight excluding hydrogens is 272 g/mol. The zero-order valence-electron chi connectivity index (χ0n) is 11.6. The zero-order valence-corrected chi connectivity index (χ0v) is 11.6. The Kier molecular flexibility index (Phi) is 4.24. The van der Waals surface area contributed by atoms with Crippen molar-refractivity contribution in [2.75, 3.05) is 26.4 Å². The quantitative estimate of drug-likeness (QED) is 0.843. The Hall–Kier alpha value is -1.82. The maximum absolute atomic E-state index is 9.39. The normalized spacial score (nSPS) is 22.5. The van der Waals surface area contributed by atoms with Crippen LogP contribution < -0.4 is 0 Å². The van der Waals surface area contributed by atoms with Gasteiger partial charge in [0, 0.05) is 0 Å². The van der Waals surface area contributed by atoms with E-state index in [1.807, 2.05) is 12.1 Å². The third-order valence-corrected chi connectivity index (χ3v) is 3.27. The summed E-state index contributed by atoms with van der Waals surface area (Å²) in [6.45, 7) is 3.26. The minimum Gasteiger partial charge on any atom is -0.507 e. The lowest BCUT2D eigenvalue weighted by atomic mass is 10.1. The van der Waals surface area contributed by atoms with Crippen molar-refractivity contribution in [1.82, 2.24) is 0 Å². The summed E-state index contributed by atoms with van der Waals surface area (Å²) in [7, 11) is 0. The predicted octanol–water partition coefficient (Wildman–Crippen LogP) is 2.05. The number of phenolic OH excluding ortho intramolecular Hbond substituents is 2. The summed E-state index contributed by atoms with van der Waals surface area (Å²) in [5, 5.41) is 20.1. The molecule has 4 rings (SSSR count). The number of phenols is 2. The maximum atomic E-state index is 9.39. The van der Waals surface area contributed by atoms with E-state index in [2.05, 4.69) is 0 Å². The second kappa shape index (κ2) is 6.30. The van der Waals surface area contributed by atoms with Gasteiger partial charge in [-0.25, -0.2) is 0 Å². The van der Waals surface area contributed by atoms with Crippen molar-refractivity contribution < 1.29 is 24.4 Å². The standard InChI is InChI=1S/C10H8O2.C6H10O3/c11-8-5-1-3-7-4-2-6-9(12)10(7)8;1(5-3-8-5)7-2-6-4-9-6/h1-6,11-12H;5-6H,1-4H2. The molecule has 21 heavy (non-hydrogen) atoms. The van der Waals surface area contributed by atoms with E-state index >= 15 is 0 Å². The number of fused-ring (bicyclic) bond motifs is 1. The molecule has 0 saturated carbocycles. The van der Waals surface area contributed by atoms with Crippen LogP contribution in [0.2, 0.25) is 0 Å². The number of aromatic hydroxyl groups is 2. The van der Waals surface area contributed by atoms with Gasteiger partial charge in [0.15, 0.2) is 0 Å². The van der Waals surface area contributed by atoms with Crippen LogP contribution >= 0.6 is 0 Å². The van der Waals surface area contributed by atoms with Gasteiger partial charge in [-0.15, -0.1) is 0 Å². The Balaban J connectivity index is 0.000000131. The smallest absolute Gasteiger partial charge is 0.127 e. The molecule has 2 aliphatic rings.